The molecule has 148 valence electrons. The van der Waals surface area contributed by atoms with E-state index in [1.165, 1.54) is 0 Å². The third-order valence-corrected chi connectivity index (χ3v) is 4.87. The van der Waals surface area contributed by atoms with Gasteiger partial charge in [-0.2, -0.15) is 0 Å². The van der Waals surface area contributed by atoms with Crippen LogP contribution in [0.15, 0.2) is 54.6 Å². The highest BCUT2D eigenvalue weighted by Gasteiger charge is 2.28. The van der Waals surface area contributed by atoms with E-state index in [9.17, 15) is 14.7 Å². The van der Waals surface area contributed by atoms with E-state index in [0.717, 1.165) is 0 Å². The molecule has 2 aromatic carbocycles. The van der Waals surface area contributed by atoms with Gasteiger partial charge in [0.1, 0.15) is 11.8 Å². The first-order valence-electron chi connectivity index (χ1n) is 9.25. The Kier molecular flexibility index (Phi) is 6.62. The summed E-state index contributed by atoms with van der Waals surface area (Å²) in [6.45, 7) is 1.52. The molecule has 0 radical (unpaired) electrons. The second kappa shape index (κ2) is 9.34. The molecule has 1 saturated heterocycles. The van der Waals surface area contributed by atoms with Gasteiger partial charge in [0, 0.05) is 31.1 Å². The number of benzene rings is 2. The molecule has 7 nitrogen and oxygen atoms in total. The fourth-order valence-electron chi connectivity index (χ4n) is 3.16. The molecular formula is C21H25N3O4. The van der Waals surface area contributed by atoms with Crippen LogP contribution in [-0.2, 0) is 4.79 Å². The molecule has 1 aliphatic heterocycles. The zero-order valence-electron chi connectivity index (χ0n) is 15.7. The second-order valence-electron chi connectivity index (χ2n) is 6.78. The smallest absolute Gasteiger partial charge is 0.252 e. The maximum atomic E-state index is 12.8. The van der Waals surface area contributed by atoms with Crippen LogP contribution in [0.5, 0.6) is 5.75 Å². The summed E-state index contributed by atoms with van der Waals surface area (Å²) in [5.41, 5.74) is 1.12. The topological polar surface area (TPSA) is 99.7 Å². The van der Waals surface area contributed by atoms with Crippen molar-refractivity contribution in [2.45, 2.75) is 12.1 Å². The number of aliphatic hydroxyl groups excluding tert-OH is 1. The average molecular weight is 383 g/mol. The molecule has 0 aromatic heterocycles. The van der Waals surface area contributed by atoms with Crippen LogP contribution >= 0.6 is 0 Å². The van der Waals surface area contributed by atoms with Crippen LogP contribution in [0, 0.1) is 5.92 Å². The van der Waals surface area contributed by atoms with E-state index in [-0.39, 0.29) is 17.7 Å². The summed E-state index contributed by atoms with van der Waals surface area (Å²) in [6.07, 6.45) is -0.482. The monoisotopic (exact) mass is 383 g/mol. The molecule has 0 saturated carbocycles. The number of hydrogen-bond donors (Lipinski definition) is 4. The minimum absolute atomic E-state index is 0.0438. The maximum absolute atomic E-state index is 12.8. The summed E-state index contributed by atoms with van der Waals surface area (Å²) >= 11 is 0. The number of amides is 2. The molecule has 3 unspecified atom stereocenters. The predicted molar refractivity (Wildman–Crippen MR) is 105 cm³/mol. The lowest BCUT2D eigenvalue weighted by Gasteiger charge is -2.21. The van der Waals surface area contributed by atoms with Crippen LogP contribution in [-0.4, -0.2) is 49.8 Å². The van der Waals surface area contributed by atoms with E-state index in [1.807, 2.05) is 18.2 Å². The van der Waals surface area contributed by atoms with Gasteiger partial charge in [-0.15, -0.1) is 0 Å². The van der Waals surface area contributed by atoms with Crippen LogP contribution in [0.2, 0.25) is 0 Å². The first kappa shape index (κ1) is 19.9. The van der Waals surface area contributed by atoms with Crippen LogP contribution in [0.1, 0.15) is 22.0 Å². The van der Waals surface area contributed by atoms with E-state index in [0.29, 0.717) is 36.5 Å². The number of aliphatic hydroxyl groups is 1. The minimum atomic E-state index is -0.831. The second-order valence-corrected chi connectivity index (χ2v) is 6.78. The van der Waals surface area contributed by atoms with Gasteiger partial charge < -0.3 is 25.8 Å². The molecule has 1 fully saturated rings. The summed E-state index contributed by atoms with van der Waals surface area (Å²) in [7, 11) is 1.56. The first-order valence-corrected chi connectivity index (χ1v) is 9.25. The summed E-state index contributed by atoms with van der Waals surface area (Å²) in [5.74, 6) is -0.0586. The molecule has 4 N–H and O–H groups in total. The maximum Gasteiger partial charge on any atom is 0.252 e. The Bertz CT molecular complexity index is 795. The van der Waals surface area contributed by atoms with Gasteiger partial charge in [0.25, 0.3) is 5.91 Å². The van der Waals surface area contributed by atoms with Crippen LogP contribution < -0.4 is 20.7 Å². The Labute approximate surface area is 164 Å². The highest BCUT2D eigenvalue weighted by Crippen LogP contribution is 2.16. The van der Waals surface area contributed by atoms with Crippen molar-refractivity contribution in [1.29, 1.82) is 0 Å². The lowest BCUT2D eigenvalue weighted by molar-refractivity contribution is -0.123. The largest absolute Gasteiger partial charge is 0.497 e. The van der Waals surface area contributed by atoms with E-state index >= 15 is 0 Å². The lowest BCUT2D eigenvalue weighted by atomic mass is 10.0. The summed E-state index contributed by atoms with van der Waals surface area (Å²) in [6, 6.07) is 14.9. The first-order chi connectivity index (χ1) is 13.6. The normalized spacial score (nSPS) is 19.6. The van der Waals surface area contributed by atoms with Crippen molar-refractivity contribution >= 4 is 11.8 Å². The van der Waals surface area contributed by atoms with Crippen molar-refractivity contribution in [2.24, 2.45) is 5.92 Å². The number of ether oxygens (including phenoxy) is 1. The molecule has 1 heterocycles. The quantitative estimate of drug-likeness (QED) is 0.568. The van der Waals surface area contributed by atoms with E-state index in [1.54, 1.807) is 43.5 Å². The van der Waals surface area contributed by atoms with Gasteiger partial charge in [-0.25, -0.2) is 0 Å². The fraction of sp³-hybridized carbons (Fsp3) is 0.333. The molecule has 2 aromatic rings. The van der Waals surface area contributed by atoms with Crippen LogP contribution in [0.4, 0.5) is 0 Å². The number of β-amino-alcohol motifs (C(OH)–C–C–N with tert-alkyl or cyclic N) is 1. The summed E-state index contributed by atoms with van der Waals surface area (Å²) in [4.78, 5) is 25.5. The van der Waals surface area contributed by atoms with Gasteiger partial charge in [0.2, 0.25) is 5.91 Å². The van der Waals surface area contributed by atoms with E-state index < -0.39 is 12.1 Å². The highest BCUT2D eigenvalue weighted by molar-refractivity contribution is 5.98. The van der Waals surface area contributed by atoms with E-state index in [4.69, 9.17) is 4.74 Å². The number of nitrogens with one attached hydrogen (secondary N) is 3. The Hall–Kier alpha value is -2.90. The Morgan fingerprint density at radius 3 is 2.46 bits per heavy atom. The Morgan fingerprint density at radius 2 is 1.86 bits per heavy atom. The molecule has 0 spiro atoms. The molecule has 0 aliphatic carbocycles. The summed E-state index contributed by atoms with van der Waals surface area (Å²) in [5, 5.41) is 18.6. The molecule has 28 heavy (non-hydrogen) atoms. The van der Waals surface area contributed by atoms with Crippen molar-refractivity contribution < 1.29 is 19.4 Å². The Morgan fingerprint density at radius 1 is 1.14 bits per heavy atom. The molecule has 0 bridgehead atoms. The van der Waals surface area contributed by atoms with Gasteiger partial charge in [-0.1, -0.05) is 30.3 Å². The number of rotatable bonds is 7. The lowest BCUT2D eigenvalue weighted by Crippen LogP contribution is -2.43. The molecule has 1 aliphatic rings. The van der Waals surface area contributed by atoms with Gasteiger partial charge >= 0.3 is 0 Å². The molecule has 2 amide bonds. The zero-order chi connectivity index (χ0) is 19.9. The predicted octanol–water partition coefficient (Wildman–Crippen LogP) is 0.863. The zero-order valence-corrected chi connectivity index (χ0v) is 15.7. The van der Waals surface area contributed by atoms with Crippen molar-refractivity contribution in [3.8, 4) is 5.75 Å². The highest BCUT2D eigenvalue weighted by atomic mass is 16.5. The summed E-state index contributed by atoms with van der Waals surface area (Å²) < 4.78 is 5.11. The van der Waals surface area contributed by atoms with Gasteiger partial charge in [-0.3, -0.25) is 9.59 Å². The van der Waals surface area contributed by atoms with Gasteiger partial charge in [0.15, 0.2) is 0 Å². The standard InChI is InChI=1S/C21H25N3O4/c1-28-17-9-7-15(8-10-17)20(26)24-19(14-5-3-2-4-6-14)21(27)23-12-16-11-22-13-18(16)25/h2-10,16,18-19,22,25H,11-13H2,1H3,(H,23,27)(H,24,26). The molecule has 3 atom stereocenters. The number of hydrogen-bond acceptors (Lipinski definition) is 5. The van der Waals surface area contributed by atoms with E-state index in [2.05, 4.69) is 16.0 Å². The SMILES string of the molecule is COc1ccc(C(=O)NC(C(=O)NCC2CNCC2O)c2ccccc2)cc1. The van der Waals surface area contributed by atoms with Crippen LogP contribution in [0.25, 0.3) is 0 Å². The van der Waals surface area contributed by atoms with Crippen molar-refractivity contribution in [1.82, 2.24) is 16.0 Å². The number of carbonyl (C=O) groups excluding carboxylic acids is 2. The van der Waals surface area contributed by atoms with Gasteiger partial charge in [0.05, 0.1) is 13.2 Å². The molecule has 7 heteroatoms. The Balaban J connectivity index is 1.71. The van der Waals surface area contributed by atoms with Gasteiger partial charge in [-0.05, 0) is 29.8 Å². The average Bonchev–Trinajstić information content (AvgIpc) is 3.15. The van der Waals surface area contributed by atoms with Crippen LogP contribution in [0.3, 0.4) is 0 Å². The van der Waals surface area contributed by atoms with Crippen molar-refractivity contribution in [3.05, 3.63) is 65.7 Å². The van der Waals surface area contributed by atoms with Crippen molar-refractivity contribution in [3.63, 3.8) is 0 Å². The minimum Gasteiger partial charge on any atom is -0.497 e. The fourth-order valence-corrected chi connectivity index (χ4v) is 3.16. The molecular weight excluding hydrogens is 358 g/mol. The number of methoxy groups -OCH3 is 1. The molecule has 3 rings (SSSR count). The third-order valence-electron chi connectivity index (χ3n) is 4.87. The van der Waals surface area contributed by atoms with Crippen molar-refractivity contribution in [2.75, 3.05) is 26.7 Å². The number of carbonyl (C=O) groups is 2. The third kappa shape index (κ3) is 4.88.